The van der Waals surface area contributed by atoms with Gasteiger partial charge in [0.25, 0.3) is 5.56 Å². The van der Waals surface area contributed by atoms with E-state index in [0.717, 1.165) is 25.2 Å². The van der Waals surface area contributed by atoms with Gasteiger partial charge in [0.05, 0.1) is 11.9 Å². The summed E-state index contributed by atoms with van der Waals surface area (Å²) in [4.78, 5) is 14.3. The summed E-state index contributed by atoms with van der Waals surface area (Å²) in [6.07, 6.45) is 8.54. The first kappa shape index (κ1) is 13.8. The summed E-state index contributed by atoms with van der Waals surface area (Å²) >= 11 is 0. The molecule has 104 valence electrons. The standard InChI is InChI=1S/C15H23N3O/c1-13(2)7-6-10-18-15(19)11-14(12-16-18)17-8-4-3-5-9-17/h7,11-12H,3-6,8-10H2,1-2H3. The number of rotatable bonds is 4. The lowest BCUT2D eigenvalue weighted by Crippen LogP contribution is -2.32. The monoisotopic (exact) mass is 261 g/mol. The van der Waals surface area contributed by atoms with E-state index < -0.39 is 0 Å². The molecule has 1 aliphatic rings. The molecule has 19 heavy (non-hydrogen) atoms. The van der Waals surface area contributed by atoms with E-state index in [9.17, 15) is 4.79 Å². The van der Waals surface area contributed by atoms with Crippen LogP contribution in [0, 0.1) is 0 Å². The van der Waals surface area contributed by atoms with E-state index in [4.69, 9.17) is 0 Å². The molecular weight excluding hydrogens is 238 g/mol. The minimum Gasteiger partial charge on any atom is -0.370 e. The van der Waals surface area contributed by atoms with Crippen molar-refractivity contribution in [2.24, 2.45) is 0 Å². The van der Waals surface area contributed by atoms with Crippen LogP contribution in [0.25, 0.3) is 0 Å². The van der Waals surface area contributed by atoms with E-state index >= 15 is 0 Å². The highest BCUT2D eigenvalue weighted by molar-refractivity contribution is 5.43. The Bertz CT molecular complexity index is 494. The second kappa shape index (κ2) is 6.55. The summed E-state index contributed by atoms with van der Waals surface area (Å²) in [5.41, 5.74) is 2.26. The first-order chi connectivity index (χ1) is 9.16. The predicted molar refractivity (Wildman–Crippen MR) is 78.6 cm³/mol. The summed E-state index contributed by atoms with van der Waals surface area (Å²) < 4.78 is 1.55. The van der Waals surface area contributed by atoms with Gasteiger partial charge in [0.2, 0.25) is 0 Å². The van der Waals surface area contributed by atoms with Gasteiger partial charge < -0.3 is 4.90 Å². The van der Waals surface area contributed by atoms with E-state index in [-0.39, 0.29) is 5.56 Å². The second-order valence-corrected chi connectivity index (χ2v) is 5.39. The van der Waals surface area contributed by atoms with Gasteiger partial charge in [-0.05, 0) is 39.5 Å². The predicted octanol–water partition coefficient (Wildman–Crippen LogP) is 2.59. The quantitative estimate of drug-likeness (QED) is 0.782. The van der Waals surface area contributed by atoms with Crippen molar-refractivity contribution in [1.29, 1.82) is 0 Å². The average Bonchev–Trinajstić information content (AvgIpc) is 2.41. The van der Waals surface area contributed by atoms with Crippen molar-refractivity contribution in [3.8, 4) is 0 Å². The van der Waals surface area contributed by atoms with E-state index in [2.05, 4.69) is 29.9 Å². The second-order valence-electron chi connectivity index (χ2n) is 5.39. The van der Waals surface area contributed by atoms with E-state index in [0.29, 0.717) is 6.54 Å². The van der Waals surface area contributed by atoms with Gasteiger partial charge in [-0.2, -0.15) is 5.10 Å². The summed E-state index contributed by atoms with van der Waals surface area (Å²) in [6.45, 7) is 6.88. The van der Waals surface area contributed by atoms with Gasteiger partial charge >= 0.3 is 0 Å². The molecule has 0 aromatic carbocycles. The maximum Gasteiger partial charge on any atom is 0.268 e. The SMILES string of the molecule is CC(C)=CCCn1ncc(N2CCCCC2)cc1=O. The van der Waals surface area contributed by atoms with Crippen LogP contribution in [0.1, 0.15) is 39.5 Å². The molecule has 4 heteroatoms. The van der Waals surface area contributed by atoms with Crippen LogP contribution >= 0.6 is 0 Å². The highest BCUT2D eigenvalue weighted by atomic mass is 16.1. The van der Waals surface area contributed by atoms with Crippen LogP contribution in [0.4, 0.5) is 5.69 Å². The van der Waals surface area contributed by atoms with Gasteiger partial charge in [-0.15, -0.1) is 0 Å². The average molecular weight is 261 g/mol. The summed E-state index contributed by atoms with van der Waals surface area (Å²) in [5, 5.41) is 4.28. The van der Waals surface area contributed by atoms with E-state index in [1.807, 2.05) is 6.20 Å². The Morgan fingerprint density at radius 2 is 2.05 bits per heavy atom. The van der Waals surface area contributed by atoms with Gasteiger partial charge in [0.1, 0.15) is 0 Å². The van der Waals surface area contributed by atoms with Crippen molar-refractivity contribution in [1.82, 2.24) is 9.78 Å². The third-order valence-electron chi connectivity index (χ3n) is 3.47. The third kappa shape index (κ3) is 3.94. The lowest BCUT2D eigenvalue weighted by molar-refractivity contribution is 0.562. The van der Waals surface area contributed by atoms with Crippen molar-refractivity contribution in [2.75, 3.05) is 18.0 Å². The molecule has 0 amide bonds. The normalized spacial score (nSPS) is 15.4. The van der Waals surface area contributed by atoms with Crippen LogP contribution in [0.15, 0.2) is 28.7 Å². The number of nitrogens with zero attached hydrogens (tertiary/aromatic N) is 3. The summed E-state index contributed by atoms with van der Waals surface area (Å²) in [7, 11) is 0. The van der Waals surface area contributed by atoms with Gasteiger partial charge in [-0.1, -0.05) is 11.6 Å². The molecule has 1 saturated heterocycles. The highest BCUT2D eigenvalue weighted by Crippen LogP contribution is 2.16. The minimum atomic E-state index is 0.00484. The Balaban J connectivity index is 2.04. The Hall–Kier alpha value is -1.58. The topological polar surface area (TPSA) is 38.1 Å². The lowest BCUT2D eigenvalue weighted by Gasteiger charge is -2.28. The molecule has 4 nitrogen and oxygen atoms in total. The first-order valence-corrected chi connectivity index (χ1v) is 7.12. The molecule has 0 saturated carbocycles. The molecule has 2 heterocycles. The number of aromatic nitrogens is 2. The molecule has 1 aromatic heterocycles. The number of hydrogen-bond donors (Lipinski definition) is 0. The maximum absolute atomic E-state index is 12.0. The number of anilines is 1. The van der Waals surface area contributed by atoms with Crippen LogP contribution in [0.5, 0.6) is 0 Å². The molecule has 0 atom stereocenters. The zero-order valence-corrected chi connectivity index (χ0v) is 11.9. The Kier molecular flexibility index (Phi) is 4.77. The van der Waals surface area contributed by atoms with Crippen LogP contribution in [-0.2, 0) is 6.54 Å². The number of hydrogen-bond acceptors (Lipinski definition) is 3. The fourth-order valence-corrected chi connectivity index (χ4v) is 2.39. The zero-order chi connectivity index (χ0) is 13.7. The smallest absolute Gasteiger partial charge is 0.268 e. The van der Waals surface area contributed by atoms with Gasteiger partial charge in [-0.25, -0.2) is 4.68 Å². The van der Waals surface area contributed by atoms with E-state index in [1.165, 1.54) is 24.8 Å². The van der Waals surface area contributed by atoms with Crippen molar-refractivity contribution in [3.05, 3.63) is 34.3 Å². The van der Waals surface area contributed by atoms with Crippen molar-refractivity contribution in [2.45, 2.75) is 46.1 Å². The molecular formula is C15H23N3O. The third-order valence-corrected chi connectivity index (χ3v) is 3.47. The molecule has 0 N–H and O–H groups in total. The van der Waals surface area contributed by atoms with E-state index in [1.54, 1.807) is 10.7 Å². The fourth-order valence-electron chi connectivity index (χ4n) is 2.39. The minimum absolute atomic E-state index is 0.00484. The summed E-state index contributed by atoms with van der Waals surface area (Å²) in [5.74, 6) is 0. The summed E-state index contributed by atoms with van der Waals surface area (Å²) in [6, 6.07) is 1.72. The molecule has 0 radical (unpaired) electrons. The number of allylic oxidation sites excluding steroid dienone is 2. The molecule has 1 aliphatic heterocycles. The Morgan fingerprint density at radius 1 is 1.32 bits per heavy atom. The first-order valence-electron chi connectivity index (χ1n) is 7.12. The van der Waals surface area contributed by atoms with Crippen molar-refractivity contribution >= 4 is 5.69 Å². The van der Waals surface area contributed by atoms with Crippen LogP contribution in [0.3, 0.4) is 0 Å². The fraction of sp³-hybridized carbons (Fsp3) is 0.600. The molecule has 0 bridgehead atoms. The molecule has 0 aliphatic carbocycles. The largest absolute Gasteiger partial charge is 0.370 e. The number of aryl methyl sites for hydroxylation is 1. The highest BCUT2D eigenvalue weighted by Gasteiger charge is 2.12. The molecule has 2 rings (SSSR count). The van der Waals surface area contributed by atoms with Crippen molar-refractivity contribution < 1.29 is 0 Å². The van der Waals surface area contributed by atoms with Gasteiger partial charge in [0, 0.05) is 25.7 Å². The molecule has 1 aromatic rings. The number of piperidine rings is 1. The van der Waals surface area contributed by atoms with Gasteiger partial charge in [-0.3, -0.25) is 4.79 Å². The maximum atomic E-state index is 12.0. The van der Waals surface area contributed by atoms with Crippen LogP contribution < -0.4 is 10.5 Å². The Labute approximate surface area is 114 Å². The van der Waals surface area contributed by atoms with Gasteiger partial charge in [0.15, 0.2) is 0 Å². The van der Waals surface area contributed by atoms with Crippen LogP contribution in [-0.4, -0.2) is 22.9 Å². The molecule has 0 spiro atoms. The van der Waals surface area contributed by atoms with Crippen LogP contribution in [0.2, 0.25) is 0 Å². The lowest BCUT2D eigenvalue weighted by atomic mass is 10.1. The Morgan fingerprint density at radius 3 is 2.68 bits per heavy atom. The molecule has 1 fully saturated rings. The zero-order valence-electron chi connectivity index (χ0n) is 11.9. The molecule has 0 unspecified atom stereocenters. The van der Waals surface area contributed by atoms with Crippen molar-refractivity contribution in [3.63, 3.8) is 0 Å².